The summed E-state index contributed by atoms with van der Waals surface area (Å²) in [6.45, 7) is 1.87. The number of carbonyl (C=O) groups excluding carboxylic acids is 1. The van der Waals surface area contributed by atoms with Crippen molar-refractivity contribution in [3.05, 3.63) is 40.6 Å². The fraction of sp³-hybridized carbons (Fsp3) is 0.476. The summed E-state index contributed by atoms with van der Waals surface area (Å²) in [6, 6.07) is 7.56. The van der Waals surface area contributed by atoms with E-state index in [9.17, 15) is 4.79 Å². The lowest BCUT2D eigenvalue weighted by atomic mass is 9.85. The smallest absolute Gasteiger partial charge is 0.225 e. The second-order valence-electron chi connectivity index (χ2n) is 7.77. The van der Waals surface area contributed by atoms with Gasteiger partial charge in [0.1, 0.15) is 18.0 Å². The van der Waals surface area contributed by atoms with Gasteiger partial charge in [-0.25, -0.2) is 9.97 Å². The van der Waals surface area contributed by atoms with Crippen molar-refractivity contribution in [2.45, 2.75) is 44.6 Å². The van der Waals surface area contributed by atoms with Crippen molar-refractivity contribution in [1.82, 2.24) is 14.9 Å². The van der Waals surface area contributed by atoms with Crippen LogP contribution in [0.2, 0.25) is 10.0 Å². The van der Waals surface area contributed by atoms with E-state index >= 15 is 0 Å². The molecular formula is C21H25Cl2N5O. The molecule has 29 heavy (non-hydrogen) atoms. The van der Waals surface area contributed by atoms with Crippen LogP contribution in [0.3, 0.4) is 0 Å². The minimum absolute atomic E-state index is 0.184. The fourth-order valence-corrected chi connectivity index (χ4v) is 4.41. The molecule has 8 heteroatoms. The molecule has 0 bridgehead atoms. The summed E-state index contributed by atoms with van der Waals surface area (Å²) in [7, 11) is 0. The molecule has 1 aliphatic carbocycles. The zero-order valence-electron chi connectivity index (χ0n) is 16.2. The summed E-state index contributed by atoms with van der Waals surface area (Å²) in [6.07, 6.45) is 7.65. The van der Waals surface area contributed by atoms with Crippen molar-refractivity contribution in [2.24, 2.45) is 5.92 Å². The number of anilines is 3. The highest BCUT2D eigenvalue weighted by molar-refractivity contribution is 6.42. The first-order valence-electron chi connectivity index (χ1n) is 10.2. The van der Waals surface area contributed by atoms with Gasteiger partial charge in [-0.2, -0.15) is 0 Å². The van der Waals surface area contributed by atoms with Gasteiger partial charge in [-0.3, -0.25) is 4.79 Å². The van der Waals surface area contributed by atoms with Crippen LogP contribution in [0.15, 0.2) is 30.6 Å². The zero-order valence-corrected chi connectivity index (χ0v) is 17.7. The van der Waals surface area contributed by atoms with Gasteiger partial charge in [0.2, 0.25) is 5.91 Å². The number of likely N-dealkylation sites (tertiary alicyclic amines) is 1. The summed E-state index contributed by atoms with van der Waals surface area (Å²) in [5.41, 5.74) is 0.810. The largest absolute Gasteiger partial charge is 0.367 e. The van der Waals surface area contributed by atoms with E-state index < -0.39 is 0 Å². The number of rotatable bonds is 5. The number of nitrogens with one attached hydrogen (secondary N) is 2. The molecule has 1 aromatic heterocycles. The van der Waals surface area contributed by atoms with Crippen LogP contribution in [-0.2, 0) is 4.79 Å². The van der Waals surface area contributed by atoms with Gasteiger partial charge in [-0.15, -0.1) is 0 Å². The van der Waals surface area contributed by atoms with E-state index in [4.69, 9.17) is 23.2 Å². The van der Waals surface area contributed by atoms with Crippen molar-refractivity contribution in [3.8, 4) is 0 Å². The van der Waals surface area contributed by atoms with Crippen LogP contribution in [-0.4, -0.2) is 39.9 Å². The quantitative estimate of drug-likeness (QED) is 0.684. The molecule has 154 valence electrons. The van der Waals surface area contributed by atoms with Crippen molar-refractivity contribution in [1.29, 1.82) is 0 Å². The third-order valence-corrected chi connectivity index (χ3v) is 6.44. The monoisotopic (exact) mass is 433 g/mol. The number of nitrogens with zero attached hydrogens (tertiary/aromatic N) is 3. The van der Waals surface area contributed by atoms with Crippen LogP contribution in [0.4, 0.5) is 17.3 Å². The second kappa shape index (κ2) is 9.18. The number of amides is 1. The van der Waals surface area contributed by atoms with Gasteiger partial charge >= 0.3 is 0 Å². The standard InChI is InChI=1S/C21H25Cl2N5O/c22-17-8-7-16(11-18(17)23)27-20-12-19(24-13-25-20)26-15-5-3-14(4-6-15)21(29)28-9-1-2-10-28/h7-8,11-15H,1-6,9-10H2,(H2,24,25,26,27). The molecule has 1 aromatic carbocycles. The number of aromatic nitrogens is 2. The molecule has 1 amide bonds. The number of benzene rings is 1. The minimum Gasteiger partial charge on any atom is -0.367 e. The van der Waals surface area contributed by atoms with E-state index in [1.54, 1.807) is 12.1 Å². The van der Waals surface area contributed by atoms with Crippen molar-refractivity contribution >= 4 is 46.4 Å². The van der Waals surface area contributed by atoms with Crippen molar-refractivity contribution in [2.75, 3.05) is 23.7 Å². The average Bonchev–Trinajstić information content (AvgIpc) is 3.26. The summed E-state index contributed by atoms with van der Waals surface area (Å²) in [5.74, 6) is 2.00. The SMILES string of the molecule is O=C(C1CCC(Nc2cc(Nc3ccc(Cl)c(Cl)c3)ncn2)CC1)N1CCCC1. The Balaban J connectivity index is 1.31. The third-order valence-electron chi connectivity index (χ3n) is 5.71. The number of carbonyl (C=O) groups is 1. The van der Waals surface area contributed by atoms with Gasteiger partial charge in [0.25, 0.3) is 0 Å². The summed E-state index contributed by atoms with van der Waals surface area (Å²) in [5, 5.41) is 7.72. The lowest BCUT2D eigenvalue weighted by Crippen LogP contribution is -2.37. The molecule has 1 saturated heterocycles. The van der Waals surface area contributed by atoms with E-state index in [1.165, 1.54) is 6.33 Å². The van der Waals surface area contributed by atoms with Gasteiger partial charge < -0.3 is 15.5 Å². The molecule has 0 spiro atoms. The Morgan fingerprint density at radius 2 is 1.69 bits per heavy atom. The lowest BCUT2D eigenvalue weighted by Gasteiger charge is -2.31. The predicted octanol–water partition coefficient (Wildman–Crippen LogP) is 5.12. The predicted molar refractivity (Wildman–Crippen MR) is 117 cm³/mol. The fourth-order valence-electron chi connectivity index (χ4n) is 4.12. The molecule has 4 rings (SSSR count). The summed E-state index contributed by atoms with van der Waals surface area (Å²) in [4.78, 5) is 23.2. The molecule has 1 saturated carbocycles. The van der Waals surface area contributed by atoms with Gasteiger partial charge in [-0.05, 0) is 56.7 Å². The van der Waals surface area contributed by atoms with Crippen LogP contribution in [0, 0.1) is 5.92 Å². The molecule has 1 aliphatic heterocycles. The lowest BCUT2D eigenvalue weighted by molar-refractivity contribution is -0.135. The third kappa shape index (κ3) is 5.11. The van der Waals surface area contributed by atoms with E-state index in [1.807, 2.05) is 17.0 Å². The molecule has 2 aromatic rings. The van der Waals surface area contributed by atoms with E-state index in [0.29, 0.717) is 27.8 Å². The first kappa shape index (κ1) is 20.2. The Kier molecular flexibility index (Phi) is 6.40. The number of hydrogen-bond acceptors (Lipinski definition) is 5. The molecular weight excluding hydrogens is 409 g/mol. The molecule has 2 heterocycles. The first-order chi connectivity index (χ1) is 14.1. The van der Waals surface area contributed by atoms with Crippen molar-refractivity contribution < 1.29 is 4.79 Å². The van der Waals surface area contributed by atoms with E-state index in [2.05, 4.69) is 20.6 Å². The van der Waals surface area contributed by atoms with Gasteiger partial charge in [0.05, 0.1) is 10.0 Å². The maximum Gasteiger partial charge on any atom is 0.225 e. The highest BCUT2D eigenvalue weighted by Gasteiger charge is 2.30. The molecule has 2 N–H and O–H groups in total. The Labute approximate surface area is 181 Å². The van der Waals surface area contributed by atoms with Gasteiger partial charge in [0.15, 0.2) is 0 Å². The van der Waals surface area contributed by atoms with Gasteiger partial charge in [-0.1, -0.05) is 23.2 Å². The zero-order chi connectivity index (χ0) is 20.2. The molecule has 0 atom stereocenters. The molecule has 6 nitrogen and oxygen atoms in total. The molecule has 2 aliphatic rings. The first-order valence-corrected chi connectivity index (χ1v) is 10.9. The molecule has 2 fully saturated rings. The summed E-state index contributed by atoms with van der Waals surface area (Å²) < 4.78 is 0. The van der Waals surface area contributed by atoms with Gasteiger partial charge in [0, 0.05) is 36.8 Å². The Morgan fingerprint density at radius 3 is 2.41 bits per heavy atom. The maximum absolute atomic E-state index is 12.6. The topological polar surface area (TPSA) is 70.1 Å². The highest BCUT2D eigenvalue weighted by Crippen LogP contribution is 2.30. The molecule has 0 radical (unpaired) electrons. The molecule has 0 unspecified atom stereocenters. The van der Waals surface area contributed by atoms with Crippen LogP contribution in [0.25, 0.3) is 0 Å². The number of hydrogen-bond donors (Lipinski definition) is 2. The van der Waals surface area contributed by atoms with Crippen molar-refractivity contribution in [3.63, 3.8) is 0 Å². The normalized spacial score (nSPS) is 21.8. The summed E-state index contributed by atoms with van der Waals surface area (Å²) >= 11 is 12.0. The second-order valence-corrected chi connectivity index (χ2v) is 8.58. The minimum atomic E-state index is 0.184. The maximum atomic E-state index is 12.6. The van der Waals surface area contributed by atoms with Crippen LogP contribution >= 0.6 is 23.2 Å². The number of halogens is 2. The van der Waals surface area contributed by atoms with Crippen LogP contribution in [0.1, 0.15) is 38.5 Å². The Morgan fingerprint density at radius 1 is 0.966 bits per heavy atom. The Bertz CT molecular complexity index is 864. The van der Waals surface area contributed by atoms with Crippen LogP contribution < -0.4 is 10.6 Å². The highest BCUT2D eigenvalue weighted by atomic mass is 35.5. The van der Waals surface area contributed by atoms with E-state index in [-0.39, 0.29) is 5.92 Å². The van der Waals surface area contributed by atoms with E-state index in [0.717, 1.165) is 63.1 Å². The van der Waals surface area contributed by atoms with Crippen LogP contribution in [0.5, 0.6) is 0 Å². The Hall–Kier alpha value is -2.05. The average molecular weight is 434 g/mol.